The van der Waals surface area contributed by atoms with Crippen LogP contribution in [0.15, 0.2) is 48.8 Å². The third kappa shape index (κ3) is 3.57. The van der Waals surface area contributed by atoms with Crippen molar-refractivity contribution < 1.29 is 9.53 Å². The molecule has 1 aliphatic heterocycles. The quantitative estimate of drug-likeness (QED) is 0.918. The Morgan fingerprint density at radius 2 is 2.25 bits per heavy atom. The maximum atomic E-state index is 12.4. The molecule has 0 spiro atoms. The molecule has 5 heteroatoms. The van der Waals surface area contributed by atoms with Gasteiger partial charge in [0, 0.05) is 30.5 Å². The highest BCUT2D eigenvalue weighted by molar-refractivity contribution is 5.94. The van der Waals surface area contributed by atoms with E-state index in [2.05, 4.69) is 28.3 Å². The van der Waals surface area contributed by atoms with Gasteiger partial charge in [-0.15, -0.1) is 0 Å². The van der Waals surface area contributed by atoms with E-state index in [0.717, 1.165) is 13.0 Å². The first-order chi connectivity index (χ1) is 11.7. The molecule has 5 nitrogen and oxygen atoms in total. The summed E-state index contributed by atoms with van der Waals surface area (Å²) in [5, 5.41) is 3.07. The minimum atomic E-state index is -0.0617. The first-order valence-corrected chi connectivity index (χ1v) is 8.21. The predicted molar refractivity (Wildman–Crippen MR) is 93.0 cm³/mol. The first kappa shape index (κ1) is 16.5. The first-order valence-electron chi connectivity index (χ1n) is 8.21. The average molecular weight is 325 g/mol. The average Bonchev–Trinajstić information content (AvgIpc) is 3.01. The van der Waals surface area contributed by atoms with Crippen molar-refractivity contribution in [3.05, 3.63) is 59.9 Å². The van der Waals surface area contributed by atoms with Crippen LogP contribution in [0.5, 0.6) is 5.75 Å². The van der Waals surface area contributed by atoms with Crippen LogP contribution in [0.1, 0.15) is 28.4 Å². The third-order valence-corrected chi connectivity index (χ3v) is 4.66. The fourth-order valence-corrected chi connectivity index (χ4v) is 3.41. The van der Waals surface area contributed by atoms with Crippen LogP contribution in [-0.2, 0) is 0 Å². The Labute approximate surface area is 142 Å². The lowest BCUT2D eigenvalue weighted by Gasteiger charge is -2.25. The van der Waals surface area contributed by atoms with E-state index in [1.165, 1.54) is 5.56 Å². The van der Waals surface area contributed by atoms with Crippen LogP contribution in [0.4, 0.5) is 0 Å². The van der Waals surface area contributed by atoms with Crippen LogP contribution < -0.4 is 10.1 Å². The van der Waals surface area contributed by atoms with E-state index >= 15 is 0 Å². The van der Waals surface area contributed by atoms with E-state index in [4.69, 9.17) is 4.74 Å². The summed E-state index contributed by atoms with van der Waals surface area (Å²) in [6.45, 7) is 1.68. The zero-order valence-electron chi connectivity index (χ0n) is 14.1. The number of carbonyl (C=O) groups excluding carboxylic acids is 1. The van der Waals surface area contributed by atoms with Gasteiger partial charge in [0.15, 0.2) is 0 Å². The predicted octanol–water partition coefficient (Wildman–Crippen LogP) is 2.51. The summed E-state index contributed by atoms with van der Waals surface area (Å²) in [7, 11) is 3.73. The number of nitrogens with zero attached hydrogens (tertiary/aromatic N) is 2. The second kappa shape index (κ2) is 7.45. The van der Waals surface area contributed by atoms with Crippen LogP contribution in [0.25, 0.3) is 0 Å². The highest BCUT2D eigenvalue weighted by atomic mass is 16.5. The molecule has 1 aromatic heterocycles. The van der Waals surface area contributed by atoms with E-state index in [0.29, 0.717) is 29.8 Å². The SMILES string of the molecule is COc1cccc(C(=O)NC[C@@H]2CCN(C)[C@H]2c2cccnc2)c1. The molecule has 1 N–H and O–H groups in total. The molecule has 1 amide bonds. The smallest absolute Gasteiger partial charge is 0.251 e. The number of rotatable bonds is 5. The number of hydrogen-bond donors (Lipinski definition) is 1. The topological polar surface area (TPSA) is 54.5 Å². The monoisotopic (exact) mass is 325 g/mol. The molecule has 0 aliphatic carbocycles. The summed E-state index contributed by atoms with van der Waals surface area (Å²) in [5.41, 5.74) is 1.83. The molecular weight excluding hydrogens is 302 g/mol. The lowest BCUT2D eigenvalue weighted by molar-refractivity contribution is 0.0943. The van der Waals surface area contributed by atoms with Crippen molar-refractivity contribution in [2.45, 2.75) is 12.5 Å². The molecule has 1 aliphatic rings. The van der Waals surface area contributed by atoms with E-state index in [1.807, 2.05) is 24.4 Å². The van der Waals surface area contributed by atoms with Gasteiger partial charge >= 0.3 is 0 Å². The molecule has 24 heavy (non-hydrogen) atoms. The van der Waals surface area contributed by atoms with Crippen LogP contribution in [0, 0.1) is 5.92 Å². The number of nitrogens with one attached hydrogen (secondary N) is 1. The maximum absolute atomic E-state index is 12.4. The fourth-order valence-electron chi connectivity index (χ4n) is 3.41. The minimum Gasteiger partial charge on any atom is -0.497 e. The molecule has 2 aromatic rings. The van der Waals surface area contributed by atoms with Crippen LogP contribution in [-0.4, -0.2) is 43.0 Å². The van der Waals surface area contributed by atoms with Crippen molar-refractivity contribution in [1.29, 1.82) is 0 Å². The standard InChI is InChI=1S/C19H23N3O2/c1-22-10-8-16(18(22)15-6-4-9-20-12-15)13-21-19(23)14-5-3-7-17(11-14)24-2/h3-7,9,11-12,16,18H,8,10,13H2,1-2H3,(H,21,23)/t16-,18-/m0/s1. The Balaban J connectivity index is 1.66. The van der Waals surface area contributed by atoms with E-state index in [1.54, 1.807) is 25.4 Å². The number of carbonyl (C=O) groups is 1. The Kier molecular flexibility index (Phi) is 5.11. The molecule has 3 rings (SSSR count). The van der Waals surface area contributed by atoms with Gasteiger partial charge in [-0.1, -0.05) is 12.1 Å². The Hall–Kier alpha value is -2.40. The van der Waals surface area contributed by atoms with Gasteiger partial charge in [0.05, 0.1) is 7.11 Å². The van der Waals surface area contributed by atoms with Gasteiger partial charge in [-0.25, -0.2) is 0 Å². The number of ether oxygens (including phenoxy) is 1. The summed E-state index contributed by atoms with van der Waals surface area (Å²) in [4.78, 5) is 19.0. The molecule has 0 radical (unpaired) electrons. The zero-order chi connectivity index (χ0) is 16.9. The van der Waals surface area contributed by atoms with Gasteiger partial charge in [-0.05, 0) is 55.8 Å². The number of amides is 1. The highest BCUT2D eigenvalue weighted by Crippen LogP contribution is 2.35. The highest BCUT2D eigenvalue weighted by Gasteiger charge is 2.33. The summed E-state index contributed by atoms with van der Waals surface area (Å²) in [5.74, 6) is 1.01. The van der Waals surface area contributed by atoms with Crippen molar-refractivity contribution in [2.75, 3.05) is 27.2 Å². The summed E-state index contributed by atoms with van der Waals surface area (Å²) in [6.07, 6.45) is 4.77. The number of likely N-dealkylation sites (tertiary alicyclic amines) is 1. The molecular formula is C19H23N3O2. The molecule has 2 heterocycles. The minimum absolute atomic E-state index is 0.0617. The molecule has 0 unspecified atom stereocenters. The molecule has 1 fully saturated rings. The van der Waals surface area contributed by atoms with Crippen LogP contribution in [0.2, 0.25) is 0 Å². The second-order valence-electron chi connectivity index (χ2n) is 6.20. The van der Waals surface area contributed by atoms with Crippen LogP contribution >= 0.6 is 0 Å². The second-order valence-corrected chi connectivity index (χ2v) is 6.20. The lowest BCUT2D eigenvalue weighted by atomic mass is 9.94. The van der Waals surface area contributed by atoms with E-state index in [9.17, 15) is 4.79 Å². The Morgan fingerprint density at radius 3 is 3.00 bits per heavy atom. The van der Waals surface area contributed by atoms with Crippen molar-refractivity contribution in [1.82, 2.24) is 15.2 Å². The summed E-state index contributed by atoms with van der Waals surface area (Å²) < 4.78 is 5.18. The number of pyridine rings is 1. The van der Waals surface area contributed by atoms with Crippen molar-refractivity contribution in [3.63, 3.8) is 0 Å². The molecule has 1 aromatic carbocycles. The van der Waals surface area contributed by atoms with E-state index < -0.39 is 0 Å². The molecule has 0 saturated carbocycles. The normalized spacial score (nSPS) is 20.8. The summed E-state index contributed by atoms with van der Waals surface area (Å²) >= 11 is 0. The molecule has 126 valence electrons. The van der Waals surface area contributed by atoms with Gasteiger partial charge in [-0.2, -0.15) is 0 Å². The van der Waals surface area contributed by atoms with E-state index in [-0.39, 0.29) is 5.91 Å². The number of benzene rings is 1. The third-order valence-electron chi connectivity index (χ3n) is 4.66. The number of methoxy groups -OCH3 is 1. The lowest BCUT2D eigenvalue weighted by Crippen LogP contribution is -2.32. The summed E-state index contributed by atoms with van der Waals surface area (Å²) in [6, 6.07) is 11.6. The molecule has 1 saturated heterocycles. The van der Waals surface area contributed by atoms with Crippen molar-refractivity contribution in [2.24, 2.45) is 5.92 Å². The van der Waals surface area contributed by atoms with Gasteiger partial charge < -0.3 is 10.1 Å². The number of hydrogen-bond acceptors (Lipinski definition) is 4. The fraction of sp³-hybridized carbons (Fsp3) is 0.368. The molecule has 0 bridgehead atoms. The maximum Gasteiger partial charge on any atom is 0.251 e. The Bertz CT molecular complexity index is 690. The van der Waals surface area contributed by atoms with Gasteiger partial charge in [0.2, 0.25) is 0 Å². The van der Waals surface area contributed by atoms with Gasteiger partial charge in [-0.3, -0.25) is 14.7 Å². The molecule has 2 atom stereocenters. The van der Waals surface area contributed by atoms with Crippen molar-refractivity contribution in [3.8, 4) is 5.75 Å². The van der Waals surface area contributed by atoms with Gasteiger partial charge in [0.1, 0.15) is 5.75 Å². The Morgan fingerprint density at radius 1 is 1.38 bits per heavy atom. The number of aromatic nitrogens is 1. The largest absolute Gasteiger partial charge is 0.497 e. The van der Waals surface area contributed by atoms with Crippen molar-refractivity contribution >= 4 is 5.91 Å². The zero-order valence-corrected chi connectivity index (χ0v) is 14.1. The van der Waals surface area contributed by atoms with Gasteiger partial charge in [0.25, 0.3) is 5.91 Å². The van der Waals surface area contributed by atoms with Crippen LogP contribution in [0.3, 0.4) is 0 Å².